The zero-order valence-electron chi connectivity index (χ0n) is 26.3. The number of carbonyl (C=O) groups excluding carboxylic acids is 4. The molecule has 2 heterocycles. The highest BCUT2D eigenvalue weighted by atomic mass is 35.5. The number of hydrogen-bond acceptors (Lipinski definition) is 5. The fourth-order valence-electron chi connectivity index (χ4n) is 6.39. The van der Waals surface area contributed by atoms with Gasteiger partial charge in [0.05, 0.1) is 17.6 Å². The van der Waals surface area contributed by atoms with E-state index < -0.39 is 11.4 Å². The lowest BCUT2D eigenvalue weighted by molar-refractivity contribution is -0.139. The van der Waals surface area contributed by atoms with Crippen molar-refractivity contribution in [3.05, 3.63) is 75.9 Å². The molecule has 238 valence electrons. The van der Waals surface area contributed by atoms with Crippen molar-refractivity contribution in [3.8, 4) is 0 Å². The summed E-state index contributed by atoms with van der Waals surface area (Å²) in [5, 5.41) is 7.25. The molecule has 2 aliphatic rings. The number of amides is 4. The van der Waals surface area contributed by atoms with Crippen molar-refractivity contribution in [3.63, 3.8) is 0 Å². The van der Waals surface area contributed by atoms with Gasteiger partial charge in [-0.25, -0.2) is 0 Å². The molecule has 0 radical (unpaired) electrons. The van der Waals surface area contributed by atoms with E-state index in [1.807, 2.05) is 31.2 Å². The molecule has 3 aromatic rings. The van der Waals surface area contributed by atoms with Crippen molar-refractivity contribution in [2.45, 2.75) is 64.8 Å². The number of fused-ring (bicyclic) bond motifs is 3. The second-order valence-electron chi connectivity index (χ2n) is 12.6. The van der Waals surface area contributed by atoms with Crippen LogP contribution in [0.5, 0.6) is 0 Å². The first-order valence-electron chi connectivity index (χ1n) is 15.9. The van der Waals surface area contributed by atoms with Crippen LogP contribution in [0.25, 0.3) is 10.9 Å². The van der Waals surface area contributed by atoms with Gasteiger partial charge >= 0.3 is 0 Å². The number of carbonyl (C=O) groups is 4. The Labute approximate surface area is 269 Å². The highest BCUT2D eigenvalue weighted by Crippen LogP contribution is 2.36. The Balaban J connectivity index is 1.46. The third-order valence-corrected chi connectivity index (χ3v) is 9.00. The van der Waals surface area contributed by atoms with E-state index in [1.54, 1.807) is 29.2 Å². The minimum absolute atomic E-state index is 0.173. The predicted octanol–water partition coefficient (Wildman–Crippen LogP) is 4.77. The Morgan fingerprint density at radius 1 is 1.04 bits per heavy atom. The van der Waals surface area contributed by atoms with E-state index in [9.17, 15) is 19.2 Å². The SMILES string of the molecule is Cc1cc(C(=O)N2CCCCNC(=O)C3(CCCc4ccccc43)NC(=O)CN(CCC(C)C)C(=O)C2)c2cc(Cl)ccc2n1. The summed E-state index contributed by atoms with van der Waals surface area (Å²) < 4.78 is 0. The summed E-state index contributed by atoms with van der Waals surface area (Å²) in [5.41, 5.74) is 2.40. The van der Waals surface area contributed by atoms with Crippen molar-refractivity contribution >= 4 is 46.1 Å². The van der Waals surface area contributed by atoms with E-state index >= 15 is 0 Å². The van der Waals surface area contributed by atoms with Crippen LogP contribution in [0.2, 0.25) is 5.02 Å². The standard InChI is InChI=1S/C35H42ClN5O4/c1-23(2)14-18-40-21-31(42)39-35(15-8-10-25-9-4-5-11-29(25)35)34(45)37-16-6-7-17-41(22-32(40)43)33(44)28-19-24(3)38-30-13-12-26(36)20-27(28)30/h4-5,9,11-13,19-20,23H,6-8,10,14-18,21-22H2,1-3H3,(H,37,45)(H,39,42). The molecule has 0 saturated carbocycles. The molecule has 1 saturated heterocycles. The van der Waals surface area contributed by atoms with E-state index in [2.05, 4.69) is 29.5 Å². The van der Waals surface area contributed by atoms with Gasteiger partial charge in [0, 0.05) is 35.7 Å². The molecule has 1 fully saturated rings. The van der Waals surface area contributed by atoms with Gasteiger partial charge in [-0.3, -0.25) is 24.2 Å². The summed E-state index contributed by atoms with van der Waals surface area (Å²) in [6.45, 7) is 6.60. The van der Waals surface area contributed by atoms with E-state index in [-0.39, 0.29) is 30.8 Å². The molecule has 1 aliphatic carbocycles. The highest BCUT2D eigenvalue weighted by Gasteiger charge is 2.44. The van der Waals surface area contributed by atoms with Crippen LogP contribution in [-0.4, -0.2) is 71.1 Å². The van der Waals surface area contributed by atoms with Crippen LogP contribution in [0.4, 0.5) is 0 Å². The molecule has 45 heavy (non-hydrogen) atoms. The molecule has 9 nitrogen and oxygen atoms in total. The van der Waals surface area contributed by atoms with Crippen LogP contribution in [-0.2, 0) is 26.3 Å². The smallest absolute Gasteiger partial charge is 0.255 e. The van der Waals surface area contributed by atoms with E-state index in [1.165, 1.54) is 4.90 Å². The summed E-state index contributed by atoms with van der Waals surface area (Å²) in [7, 11) is 0. The summed E-state index contributed by atoms with van der Waals surface area (Å²) >= 11 is 6.29. The van der Waals surface area contributed by atoms with Crippen LogP contribution in [0, 0.1) is 12.8 Å². The molecule has 4 amide bonds. The van der Waals surface area contributed by atoms with E-state index in [0.717, 1.165) is 24.0 Å². The molecule has 0 bridgehead atoms. The van der Waals surface area contributed by atoms with Gasteiger partial charge in [-0.05, 0) is 86.8 Å². The predicted molar refractivity (Wildman–Crippen MR) is 175 cm³/mol. The summed E-state index contributed by atoms with van der Waals surface area (Å²) in [6.07, 6.45) is 3.92. The van der Waals surface area contributed by atoms with Crippen molar-refractivity contribution in [2.75, 3.05) is 32.7 Å². The molecule has 2 aromatic carbocycles. The van der Waals surface area contributed by atoms with Gasteiger partial charge in [-0.1, -0.05) is 49.7 Å². The summed E-state index contributed by atoms with van der Waals surface area (Å²) in [6, 6.07) is 14.7. The molecule has 2 N–H and O–H groups in total. The quantitative estimate of drug-likeness (QED) is 0.431. The van der Waals surface area contributed by atoms with Crippen LogP contribution >= 0.6 is 11.6 Å². The zero-order chi connectivity index (χ0) is 32.1. The topological polar surface area (TPSA) is 112 Å². The monoisotopic (exact) mass is 631 g/mol. The first kappa shape index (κ1) is 32.4. The van der Waals surface area contributed by atoms with Gasteiger partial charge < -0.3 is 20.4 Å². The van der Waals surface area contributed by atoms with Gasteiger partial charge in [-0.15, -0.1) is 0 Å². The van der Waals surface area contributed by atoms with Gasteiger partial charge in [0.15, 0.2) is 0 Å². The highest BCUT2D eigenvalue weighted by molar-refractivity contribution is 6.31. The second kappa shape index (κ2) is 14.0. The molecule has 5 rings (SSSR count). The second-order valence-corrected chi connectivity index (χ2v) is 13.1. The lowest BCUT2D eigenvalue weighted by Gasteiger charge is -2.39. The Morgan fingerprint density at radius 2 is 1.84 bits per heavy atom. The number of aryl methyl sites for hydroxylation is 2. The van der Waals surface area contributed by atoms with E-state index in [0.29, 0.717) is 78.4 Å². The summed E-state index contributed by atoms with van der Waals surface area (Å²) in [4.78, 5) is 63.3. The number of rotatable bonds is 4. The molecule has 10 heteroatoms. The Morgan fingerprint density at radius 3 is 2.64 bits per heavy atom. The minimum Gasteiger partial charge on any atom is -0.354 e. The zero-order valence-corrected chi connectivity index (χ0v) is 27.1. The fraction of sp³-hybridized carbons (Fsp3) is 0.457. The van der Waals surface area contributed by atoms with Crippen molar-refractivity contribution in [1.29, 1.82) is 0 Å². The minimum atomic E-state index is -1.20. The third kappa shape index (κ3) is 7.30. The number of benzene rings is 2. The number of hydrogen-bond donors (Lipinski definition) is 2. The number of pyridine rings is 1. The van der Waals surface area contributed by atoms with E-state index in [4.69, 9.17) is 11.6 Å². The van der Waals surface area contributed by atoms with Gasteiger partial charge in [0.2, 0.25) is 17.7 Å². The molecule has 1 unspecified atom stereocenters. The third-order valence-electron chi connectivity index (χ3n) is 8.76. The molecule has 1 aromatic heterocycles. The lowest BCUT2D eigenvalue weighted by Crippen LogP contribution is -2.60. The Bertz CT molecular complexity index is 1610. The first-order valence-corrected chi connectivity index (χ1v) is 16.3. The molecule has 1 spiro atoms. The maximum atomic E-state index is 14.1. The van der Waals surface area contributed by atoms with Gasteiger partial charge in [0.25, 0.3) is 5.91 Å². The Hall–Kier alpha value is -3.98. The summed E-state index contributed by atoms with van der Waals surface area (Å²) in [5.74, 6) is -0.969. The van der Waals surface area contributed by atoms with Crippen LogP contribution in [0.15, 0.2) is 48.5 Å². The molecular formula is C35H42ClN5O4. The van der Waals surface area contributed by atoms with Crippen LogP contribution in [0.1, 0.15) is 73.1 Å². The first-order chi connectivity index (χ1) is 21.6. The molecule has 1 aliphatic heterocycles. The maximum absolute atomic E-state index is 14.1. The maximum Gasteiger partial charge on any atom is 0.255 e. The van der Waals surface area contributed by atoms with Gasteiger partial charge in [-0.2, -0.15) is 0 Å². The van der Waals surface area contributed by atoms with Gasteiger partial charge in [0.1, 0.15) is 12.1 Å². The average Bonchev–Trinajstić information content (AvgIpc) is 3.01. The Kier molecular flexibility index (Phi) is 10.1. The van der Waals surface area contributed by atoms with Crippen LogP contribution in [0.3, 0.4) is 0 Å². The van der Waals surface area contributed by atoms with Crippen LogP contribution < -0.4 is 10.6 Å². The number of nitrogens with one attached hydrogen (secondary N) is 2. The molecular weight excluding hydrogens is 590 g/mol. The largest absolute Gasteiger partial charge is 0.354 e. The number of nitrogens with zero attached hydrogens (tertiary/aromatic N) is 3. The van der Waals surface area contributed by atoms with Crippen molar-refractivity contribution in [2.24, 2.45) is 5.92 Å². The lowest BCUT2D eigenvalue weighted by atomic mass is 9.75. The average molecular weight is 632 g/mol. The number of aromatic nitrogens is 1. The normalized spacial score (nSPS) is 20.2. The fourth-order valence-corrected chi connectivity index (χ4v) is 6.56. The van der Waals surface area contributed by atoms with Crippen molar-refractivity contribution < 1.29 is 19.2 Å². The molecule has 1 atom stereocenters. The number of halogens is 1. The van der Waals surface area contributed by atoms with Crippen molar-refractivity contribution in [1.82, 2.24) is 25.4 Å².